The summed E-state index contributed by atoms with van der Waals surface area (Å²) in [6.45, 7) is 5.34. The molecule has 4 aliphatic rings. The fourth-order valence-corrected chi connectivity index (χ4v) is 3.94. The number of aliphatic hydroxyl groups is 2. The Labute approximate surface area is 353 Å². The van der Waals surface area contributed by atoms with Gasteiger partial charge in [-0.3, -0.25) is 0 Å². The molecular weight excluding hydrogens is 930 g/mol. The second kappa shape index (κ2) is 55.8. The van der Waals surface area contributed by atoms with Crippen LogP contribution < -0.4 is 0 Å². The number of nitrogens with zero attached hydrogens (tertiary/aromatic N) is 8. The summed E-state index contributed by atoms with van der Waals surface area (Å²) in [4.78, 5) is 33.9. The van der Waals surface area contributed by atoms with Crippen molar-refractivity contribution in [3.8, 4) is 0 Å². The first-order valence-corrected chi connectivity index (χ1v) is 13.4. The first-order valence-electron chi connectivity index (χ1n) is 13.4. The summed E-state index contributed by atoms with van der Waals surface area (Å²) < 4.78 is 0. The summed E-state index contributed by atoms with van der Waals surface area (Å²) >= 11 is 0. The molecule has 3 saturated heterocycles. The van der Waals surface area contributed by atoms with Crippen LogP contribution in [0.1, 0.15) is 64.7 Å². The van der Waals surface area contributed by atoms with Crippen molar-refractivity contribution in [1.29, 1.82) is 0 Å². The van der Waals surface area contributed by atoms with E-state index in [1.165, 1.54) is 70.4 Å². The second-order valence-corrected chi connectivity index (χ2v) is 8.86. The second-order valence-electron chi connectivity index (χ2n) is 8.86. The summed E-state index contributed by atoms with van der Waals surface area (Å²) in [5.41, 5.74) is 1.19. The van der Waals surface area contributed by atoms with Gasteiger partial charge in [0, 0.05) is 41.7 Å². The molecule has 0 aromatic carbocycles. The predicted molar refractivity (Wildman–Crippen MR) is 165 cm³/mol. The van der Waals surface area contributed by atoms with Gasteiger partial charge in [-0.25, -0.2) is 41.7 Å². The van der Waals surface area contributed by atoms with Gasteiger partial charge in [0.15, 0.2) is 0 Å². The third kappa shape index (κ3) is 73.5. The van der Waals surface area contributed by atoms with E-state index >= 15 is 0 Å². The summed E-state index contributed by atoms with van der Waals surface area (Å²) in [6, 6.07) is 1.60. The van der Waals surface area contributed by atoms with Gasteiger partial charge in [-0.1, -0.05) is 69.9 Å². The number of aliphatic hydroxyl groups excluding tert-OH is 1. The number of allylic oxidation sites excluding steroid dienone is 2. The van der Waals surface area contributed by atoms with E-state index in [0.29, 0.717) is 18.1 Å². The van der Waals surface area contributed by atoms with Crippen molar-refractivity contribution in [2.24, 2.45) is 0 Å². The Kier molecular flexibility index (Phi) is 84.8. The Morgan fingerprint density at radius 1 is 0.615 bits per heavy atom. The molecule has 2 radical (unpaired) electrons. The Balaban J connectivity index is -0.0000000438. The zero-order chi connectivity index (χ0) is 34.3. The van der Waals surface area contributed by atoms with Crippen LogP contribution in [-0.4, -0.2) is 145 Å². The molecule has 0 aromatic heterocycles. The molecule has 0 aliphatic carbocycles. The number of hydrogen-bond donors (Lipinski definition) is 10. The van der Waals surface area contributed by atoms with Gasteiger partial charge < -0.3 is 58.9 Å². The van der Waals surface area contributed by atoms with E-state index in [0.717, 1.165) is 26.2 Å². The topological polar surface area (TPSA) is 498 Å². The van der Waals surface area contributed by atoms with E-state index in [2.05, 4.69) is 39.5 Å². The molecule has 0 spiro atoms. The molecule has 21 N–H and O–H groups in total. The number of hydrogen-bond acceptors (Lipinski definition) is 6. The van der Waals surface area contributed by atoms with Crippen molar-refractivity contribution in [2.75, 3.05) is 26.2 Å². The van der Waals surface area contributed by atoms with Crippen LogP contribution in [0.5, 0.6) is 0 Å². The largest absolute Gasteiger partial charge is 2.00 e. The van der Waals surface area contributed by atoms with Crippen molar-refractivity contribution in [2.45, 2.75) is 89.1 Å². The third-order valence-electron chi connectivity index (χ3n) is 5.35. The van der Waals surface area contributed by atoms with Gasteiger partial charge in [-0.15, -0.1) is 38.3 Å². The molecule has 3 fully saturated rings. The molecule has 27 nitrogen and oxygen atoms in total. The maximum atomic E-state index is 8.47. The van der Waals surface area contributed by atoms with Crippen LogP contribution in [0.15, 0.2) is 23.9 Å². The monoisotopic (exact) mass is 987 g/mol. The average Bonchev–Trinajstić information content (AvgIpc) is 2.94. The molecule has 4 rings (SSSR count). The van der Waals surface area contributed by atoms with Crippen LogP contribution in [0.25, 0.3) is 21.3 Å². The molecule has 30 heteroatoms. The van der Waals surface area contributed by atoms with Crippen molar-refractivity contribution in [3.05, 3.63) is 64.8 Å². The maximum Gasteiger partial charge on any atom is 2.00 e. The van der Waals surface area contributed by atoms with Crippen LogP contribution in [0, 0.1) is 61.4 Å². The molecule has 4 heterocycles. The first-order chi connectivity index (χ1) is 20.6. The Morgan fingerprint density at radius 3 is 1.12 bits per heavy atom. The van der Waals surface area contributed by atoms with Crippen LogP contribution in [-0.2, 0) is 39.6 Å². The average molecular weight is 988 g/mol. The third-order valence-corrected chi connectivity index (χ3v) is 5.35. The van der Waals surface area contributed by atoms with Crippen molar-refractivity contribution in [1.82, 2.24) is 0 Å². The number of piperidine rings is 3. The molecule has 3 unspecified atom stereocenters. The van der Waals surface area contributed by atoms with Gasteiger partial charge in [0.25, 0.3) is 0 Å². The van der Waals surface area contributed by atoms with Crippen LogP contribution in [0.2, 0.25) is 0 Å². The van der Waals surface area contributed by atoms with Crippen LogP contribution in [0.4, 0.5) is 0 Å². The van der Waals surface area contributed by atoms with Crippen molar-refractivity contribution < 1.29 is 175 Å². The normalized spacial score (nSPS) is 18.1. The van der Waals surface area contributed by atoms with Gasteiger partial charge in [0.2, 0.25) is 0 Å². The van der Waals surface area contributed by atoms with Crippen LogP contribution in [0.3, 0.4) is 0 Å². The van der Waals surface area contributed by atoms with Crippen molar-refractivity contribution >= 4 is 0 Å². The maximum absolute atomic E-state index is 8.47. The fraction of sp³-hybridized carbons (Fsp3) is 0.818. The molecule has 0 bridgehead atoms. The van der Waals surface area contributed by atoms with E-state index in [1.807, 2.05) is 0 Å². The number of rotatable bonds is 2. The summed E-state index contributed by atoms with van der Waals surface area (Å²) in [5.74, 6) is 0. The first kappa shape index (κ1) is 79.0. The van der Waals surface area contributed by atoms with Gasteiger partial charge >= 0.3 is 54.5 Å². The molecule has 0 amide bonds. The summed E-state index contributed by atoms with van der Waals surface area (Å²) in [5, 5.41) is 83.6. The molecule has 0 aromatic rings. The van der Waals surface area contributed by atoms with Gasteiger partial charge in [-0.2, -0.15) is 17.8 Å². The summed E-state index contributed by atoms with van der Waals surface area (Å²) in [6.07, 6.45) is 16.8. The smallest absolute Gasteiger partial charge is 0.686 e. The molecular formula is C22H57CeMn2N8O19+5. The minimum atomic E-state index is -1.25. The zero-order valence-corrected chi connectivity index (χ0v) is 33.8. The molecule has 0 saturated carbocycles. The van der Waals surface area contributed by atoms with Crippen molar-refractivity contribution in [3.63, 3.8) is 0 Å². The van der Waals surface area contributed by atoms with Gasteiger partial charge in [0.1, 0.15) is 25.9 Å². The minimum Gasteiger partial charge on any atom is -0.686 e. The van der Waals surface area contributed by atoms with E-state index < -0.39 is 26.6 Å². The molecule has 312 valence electrons. The zero-order valence-electron chi connectivity index (χ0n) is 28.2. The molecule has 3 atom stereocenters. The van der Waals surface area contributed by atoms with Crippen LogP contribution >= 0.6 is 0 Å². The van der Waals surface area contributed by atoms with E-state index in [4.69, 9.17) is 71.5 Å². The Hall–Kier alpha value is -1.90. The summed E-state index contributed by atoms with van der Waals surface area (Å²) in [7, 11) is 0. The fourth-order valence-electron chi connectivity index (χ4n) is 3.94. The Bertz CT molecular complexity index is 761. The van der Waals surface area contributed by atoms with E-state index in [-0.39, 0.29) is 103 Å². The Morgan fingerprint density at radius 2 is 0.904 bits per heavy atom. The standard InChI is InChI=1S/C10H18N2.C10H14N2.C2H6O2.Ce.2Mn.4H2NO3.5H2O/c2*1-3-7-11-9(5-1)10-6-2-4-8-12-10;1-2(3)4;;;;4*2-1(3)4;;;;;/h9-10H,1-8H2;1,3,5,10H,2,4,6-8H2;2-4H,1H3;;;;4*(H2,2,3,4);5*1H2/q2*-2;;;2*+2;4*+1;;;;;/p+1. The molecule has 4 aliphatic heterocycles. The predicted octanol–water partition coefficient (Wildman–Crippen LogP) is -1.16. The quantitative estimate of drug-likeness (QED) is 0.0676. The van der Waals surface area contributed by atoms with Gasteiger partial charge in [0.05, 0.1) is 0 Å². The van der Waals surface area contributed by atoms with E-state index in [9.17, 15) is 0 Å². The van der Waals surface area contributed by atoms with Gasteiger partial charge in [-0.05, 0) is 6.92 Å². The minimum absolute atomic E-state index is 0. The SMILES string of the molecule is C1=CC[N-]C(C2CCCC[N-]2)=C1.C1CCC(C2CCCC[N-]2)[N-]C1.CC(O)O.O.O.O.O.O=[N+](O)O.O=[N+](O)O.O=[N+](O)O.O=[N+](O)O.[Ce].[Mn+2].[Mn+2].[OH3+]. The van der Waals surface area contributed by atoms with E-state index in [1.54, 1.807) is 0 Å². The molecule has 52 heavy (non-hydrogen) atoms.